The highest BCUT2D eigenvalue weighted by atomic mass is 35.5. The number of ketones is 1. The second-order valence-electron chi connectivity index (χ2n) is 6.05. The molecule has 3 N–H and O–H groups in total. The number of carbonyl (C=O) groups excluding carboxylic acids is 1. The summed E-state index contributed by atoms with van der Waals surface area (Å²) in [4.78, 5) is 12.1. The fourth-order valence-electron chi connectivity index (χ4n) is 3.21. The normalized spacial score (nSPS) is 10.7. The van der Waals surface area contributed by atoms with Crippen LogP contribution in [0.15, 0.2) is 65.1 Å². The van der Waals surface area contributed by atoms with Crippen LogP contribution < -0.4 is 11.1 Å². The highest BCUT2D eigenvalue weighted by molar-refractivity contribution is 6.09. The van der Waals surface area contributed by atoms with E-state index in [1.807, 2.05) is 42.5 Å². The first kappa shape index (κ1) is 17.7. The molecule has 1 aliphatic heterocycles. The predicted octanol–water partition coefficient (Wildman–Crippen LogP) is 4.89. The number of carbonyl (C=O) groups is 1. The lowest BCUT2D eigenvalue weighted by molar-refractivity contribution is 0.101. The van der Waals surface area contributed by atoms with Gasteiger partial charge in [0.15, 0.2) is 5.78 Å². The molecule has 0 atom stereocenters. The van der Waals surface area contributed by atoms with E-state index in [0.717, 1.165) is 22.1 Å². The predicted molar refractivity (Wildman–Crippen MR) is 106 cm³/mol. The number of anilines is 1. The number of rotatable bonds is 2. The second kappa shape index (κ2) is 6.65. The first-order valence-electron chi connectivity index (χ1n) is 7.95. The van der Waals surface area contributed by atoms with Gasteiger partial charge in [-0.1, -0.05) is 24.3 Å². The van der Waals surface area contributed by atoms with Crippen LogP contribution in [0.2, 0.25) is 0 Å². The molecule has 0 fully saturated rings. The molecule has 2 aromatic rings. The zero-order valence-corrected chi connectivity index (χ0v) is 14.9. The highest BCUT2D eigenvalue weighted by Gasteiger charge is 2.20. The van der Waals surface area contributed by atoms with Gasteiger partial charge in [0.05, 0.1) is 5.36 Å². The van der Waals surface area contributed by atoms with Gasteiger partial charge in [0.1, 0.15) is 11.3 Å². The van der Waals surface area contributed by atoms with Crippen LogP contribution in [0.3, 0.4) is 0 Å². The third-order valence-electron chi connectivity index (χ3n) is 4.32. The number of benzene rings is 3. The molecule has 5 heteroatoms. The Morgan fingerprint density at radius 3 is 2.54 bits per heavy atom. The van der Waals surface area contributed by atoms with Crippen LogP contribution in [0, 0.1) is 5.41 Å². The smallest absolute Gasteiger partial charge is 0.160 e. The van der Waals surface area contributed by atoms with E-state index in [4.69, 9.17) is 15.6 Å². The summed E-state index contributed by atoms with van der Waals surface area (Å²) in [7, 11) is 0. The average Bonchev–Trinajstić information content (AvgIpc) is 2.59. The minimum Gasteiger partial charge on any atom is -0.456 e. The standard InChI is InChI=1S/C21H16N2O2.ClH/c1-12(24)15-4-2-3-5-16(15)21-17-8-6-13(22)10-19(17)25-20-11-14(23)7-9-18(20)21;/h2-11,22H,23H2,1H3;1H. The van der Waals surface area contributed by atoms with Gasteiger partial charge < -0.3 is 15.6 Å². The molecule has 0 amide bonds. The first-order chi connectivity index (χ1) is 12.0. The molecule has 2 aromatic carbocycles. The largest absolute Gasteiger partial charge is 0.456 e. The van der Waals surface area contributed by atoms with E-state index in [9.17, 15) is 4.79 Å². The number of fused-ring (bicyclic) bond motifs is 2. The zero-order chi connectivity index (χ0) is 17.6. The summed E-state index contributed by atoms with van der Waals surface area (Å²) >= 11 is 0. The second-order valence-corrected chi connectivity index (χ2v) is 6.05. The van der Waals surface area contributed by atoms with Crippen LogP contribution in [0.1, 0.15) is 17.3 Å². The van der Waals surface area contributed by atoms with Gasteiger partial charge in [-0.2, -0.15) is 0 Å². The third-order valence-corrected chi connectivity index (χ3v) is 4.32. The third kappa shape index (κ3) is 2.85. The number of halogens is 1. The minimum atomic E-state index is 0. The molecule has 2 aliphatic rings. The maximum absolute atomic E-state index is 12.1. The number of nitrogens with one attached hydrogen (secondary N) is 1. The molecule has 4 rings (SSSR count). The Morgan fingerprint density at radius 1 is 1.00 bits per heavy atom. The van der Waals surface area contributed by atoms with Crippen molar-refractivity contribution in [2.45, 2.75) is 6.92 Å². The number of hydrogen-bond acceptors (Lipinski definition) is 4. The monoisotopic (exact) mass is 364 g/mol. The molecule has 0 radical (unpaired) electrons. The molecular weight excluding hydrogens is 348 g/mol. The Labute approximate surface area is 156 Å². The first-order valence-corrected chi connectivity index (χ1v) is 7.95. The zero-order valence-electron chi connectivity index (χ0n) is 14.1. The summed E-state index contributed by atoms with van der Waals surface area (Å²) in [6.45, 7) is 1.57. The van der Waals surface area contributed by atoms with Crippen LogP contribution in [-0.2, 0) is 0 Å². The van der Waals surface area contributed by atoms with E-state index in [1.54, 1.807) is 25.1 Å². The summed E-state index contributed by atoms with van der Waals surface area (Å²) in [6, 6.07) is 18.3. The van der Waals surface area contributed by atoms with Crippen LogP contribution in [0.5, 0.6) is 0 Å². The molecule has 1 aliphatic carbocycles. The maximum atomic E-state index is 12.1. The molecule has 130 valence electrons. The molecule has 1 heterocycles. The molecule has 0 saturated carbocycles. The summed E-state index contributed by atoms with van der Waals surface area (Å²) in [6.07, 6.45) is 0. The molecular formula is C21H17ClN2O2. The fraction of sp³-hybridized carbons (Fsp3) is 0.0476. The Kier molecular flexibility index (Phi) is 4.53. The molecule has 0 spiro atoms. The van der Waals surface area contributed by atoms with Crippen molar-refractivity contribution in [2.75, 3.05) is 5.73 Å². The van der Waals surface area contributed by atoms with Crippen LogP contribution in [0.25, 0.3) is 33.4 Å². The SMILES string of the molecule is CC(=O)c1ccccc1-c1c2ccc(=N)cc-2oc2cc(N)ccc12.Cl. The lowest BCUT2D eigenvalue weighted by Gasteiger charge is -2.17. The number of nitrogen functional groups attached to an aromatic ring is 1. The lowest BCUT2D eigenvalue weighted by Crippen LogP contribution is -2.02. The van der Waals surface area contributed by atoms with Crippen molar-refractivity contribution in [1.82, 2.24) is 0 Å². The Hall–Kier alpha value is -3.11. The van der Waals surface area contributed by atoms with E-state index in [1.165, 1.54) is 0 Å². The van der Waals surface area contributed by atoms with Crippen molar-refractivity contribution in [3.8, 4) is 22.5 Å². The summed E-state index contributed by atoms with van der Waals surface area (Å²) in [5.41, 5.74) is 10.4. The van der Waals surface area contributed by atoms with Gasteiger partial charge in [-0.25, -0.2) is 0 Å². The van der Waals surface area contributed by atoms with Crippen LogP contribution in [0.4, 0.5) is 5.69 Å². The number of nitrogens with two attached hydrogens (primary N) is 1. The highest BCUT2D eigenvalue weighted by Crippen LogP contribution is 2.41. The van der Waals surface area contributed by atoms with Gasteiger partial charge in [0.2, 0.25) is 0 Å². The molecule has 4 nitrogen and oxygen atoms in total. The van der Waals surface area contributed by atoms with E-state index < -0.39 is 0 Å². The lowest BCUT2D eigenvalue weighted by atomic mass is 9.90. The number of hydrogen-bond donors (Lipinski definition) is 2. The van der Waals surface area contributed by atoms with Gasteiger partial charge in [0.25, 0.3) is 0 Å². The van der Waals surface area contributed by atoms with Crippen molar-refractivity contribution < 1.29 is 9.21 Å². The van der Waals surface area contributed by atoms with Crippen molar-refractivity contribution in [3.63, 3.8) is 0 Å². The summed E-state index contributed by atoms with van der Waals surface area (Å²) in [5, 5.41) is 9.12. The summed E-state index contributed by atoms with van der Waals surface area (Å²) < 4.78 is 5.99. The summed E-state index contributed by atoms with van der Waals surface area (Å²) in [5.74, 6) is 0.601. The Bertz CT molecular complexity index is 1160. The Balaban J connectivity index is 0.00000196. The van der Waals surface area contributed by atoms with E-state index >= 15 is 0 Å². The quantitative estimate of drug-likeness (QED) is 0.302. The van der Waals surface area contributed by atoms with Crippen LogP contribution >= 0.6 is 12.4 Å². The molecule has 0 bridgehead atoms. The molecule has 0 aromatic heterocycles. The fourth-order valence-corrected chi connectivity index (χ4v) is 3.21. The average molecular weight is 365 g/mol. The van der Waals surface area contributed by atoms with Gasteiger partial charge >= 0.3 is 0 Å². The van der Waals surface area contributed by atoms with E-state index in [-0.39, 0.29) is 18.2 Å². The van der Waals surface area contributed by atoms with Gasteiger partial charge in [-0.15, -0.1) is 12.4 Å². The topological polar surface area (TPSA) is 80.1 Å². The van der Waals surface area contributed by atoms with Gasteiger partial charge in [-0.3, -0.25) is 4.79 Å². The molecule has 0 unspecified atom stereocenters. The van der Waals surface area contributed by atoms with Gasteiger partial charge in [0, 0.05) is 39.9 Å². The van der Waals surface area contributed by atoms with Crippen molar-refractivity contribution in [1.29, 1.82) is 5.41 Å². The number of Topliss-reactive ketones (excluding diaryl/α,β-unsaturated/α-hetero) is 1. The molecule has 0 saturated heterocycles. The maximum Gasteiger partial charge on any atom is 0.160 e. The van der Waals surface area contributed by atoms with Crippen molar-refractivity contribution >= 4 is 34.8 Å². The van der Waals surface area contributed by atoms with Crippen LogP contribution in [-0.4, -0.2) is 5.78 Å². The van der Waals surface area contributed by atoms with E-state index in [0.29, 0.717) is 28.0 Å². The van der Waals surface area contributed by atoms with Crippen molar-refractivity contribution in [2.24, 2.45) is 0 Å². The molecule has 26 heavy (non-hydrogen) atoms. The van der Waals surface area contributed by atoms with E-state index in [2.05, 4.69) is 0 Å². The van der Waals surface area contributed by atoms with Gasteiger partial charge in [-0.05, 0) is 36.8 Å². The Morgan fingerprint density at radius 2 is 1.77 bits per heavy atom. The minimum absolute atomic E-state index is 0. The van der Waals surface area contributed by atoms with Crippen molar-refractivity contribution in [3.05, 3.63) is 71.6 Å².